The quantitative estimate of drug-likeness (QED) is 0.321. The van der Waals surface area contributed by atoms with Crippen molar-refractivity contribution in [3.8, 4) is 0 Å². The monoisotopic (exact) mass is 411 g/mol. The van der Waals surface area contributed by atoms with Gasteiger partial charge in [-0.3, -0.25) is 4.79 Å². The molecule has 0 saturated carbocycles. The fraction of sp³-hybridized carbons (Fsp3) is 0.400. The van der Waals surface area contributed by atoms with Crippen molar-refractivity contribution in [2.45, 2.75) is 27.2 Å². The molecular weight excluding hydrogens is 374 g/mol. The van der Waals surface area contributed by atoms with Crippen LogP contribution in [0.1, 0.15) is 37.7 Å². The number of amides is 1. The fourth-order valence-electron chi connectivity index (χ4n) is 3.43. The van der Waals surface area contributed by atoms with Crippen LogP contribution in [-0.4, -0.2) is 54.5 Å². The average molecular weight is 412 g/mol. The van der Waals surface area contributed by atoms with E-state index in [9.17, 15) is 4.79 Å². The van der Waals surface area contributed by atoms with E-state index in [1.807, 2.05) is 62.2 Å². The summed E-state index contributed by atoms with van der Waals surface area (Å²) in [4.78, 5) is 20.3. The molecule has 0 aliphatic carbocycles. The van der Waals surface area contributed by atoms with Gasteiger partial charge in [0, 0.05) is 37.6 Å². The number of aromatic amines is 1. The van der Waals surface area contributed by atoms with Gasteiger partial charge in [0.2, 0.25) is 0 Å². The number of hydrogen-bond donors (Lipinski definition) is 1. The lowest BCUT2D eigenvalue weighted by molar-refractivity contribution is 0.0722. The highest BCUT2D eigenvalue weighted by atomic mass is 16.5. The van der Waals surface area contributed by atoms with Gasteiger partial charge in [0.05, 0.1) is 12.8 Å². The molecule has 0 aliphatic heterocycles. The Morgan fingerprint density at radius 2 is 1.90 bits per heavy atom. The van der Waals surface area contributed by atoms with E-state index in [1.165, 1.54) is 0 Å². The SMILES string of the molecule is C=C.C=C(/C(=C\C)OC)N(C)CC(CC)CN(CC)C(=O)c1cc2ccccc2[nH]1. The Kier molecular flexibility index (Phi) is 10.5. The molecule has 0 fully saturated rings. The van der Waals surface area contributed by atoms with Gasteiger partial charge in [0.1, 0.15) is 11.5 Å². The van der Waals surface area contributed by atoms with Crippen LogP contribution in [0.15, 0.2) is 67.6 Å². The number of carbonyl (C=O) groups is 1. The summed E-state index contributed by atoms with van der Waals surface area (Å²) in [5.41, 5.74) is 2.49. The van der Waals surface area contributed by atoms with E-state index >= 15 is 0 Å². The first kappa shape index (κ1) is 25.1. The number of allylic oxidation sites excluding steroid dienone is 1. The smallest absolute Gasteiger partial charge is 0.270 e. The Balaban J connectivity index is 0.00000218. The number of hydrogen-bond acceptors (Lipinski definition) is 3. The second-order valence-corrected chi connectivity index (χ2v) is 7.07. The number of carbonyl (C=O) groups excluding carboxylic acids is 1. The van der Waals surface area contributed by atoms with Gasteiger partial charge in [-0.25, -0.2) is 0 Å². The van der Waals surface area contributed by atoms with Crippen molar-refractivity contribution >= 4 is 16.8 Å². The fourth-order valence-corrected chi connectivity index (χ4v) is 3.43. The molecule has 1 aromatic carbocycles. The maximum absolute atomic E-state index is 13.1. The second kappa shape index (κ2) is 12.6. The summed E-state index contributed by atoms with van der Waals surface area (Å²) in [7, 11) is 3.67. The van der Waals surface area contributed by atoms with Crippen LogP contribution in [-0.2, 0) is 4.74 Å². The number of rotatable bonds is 10. The number of aromatic nitrogens is 1. The zero-order chi connectivity index (χ0) is 22.7. The van der Waals surface area contributed by atoms with Crippen LogP contribution in [0.3, 0.4) is 0 Å². The summed E-state index contributed by atoms with van der Waals surface area (Å²) < 4.78 is 5.38. The number of likely N-dealkylation sites (N-methyl/N-ethyl adjacent to an activating group) is 1. The molecule has 5 heteroatoms. The maximum atomic E-state index is 13.1. The van der Waals surface area contributed by atoms with Crippen LogP contribution in [0, 0.1) is 5.92 Å². The number of para-hydroxylation sites is 1. The molecule has 1 amide bonds. The van der Waals surface area contributed by atoms with Crippen molar-refractivity contribution in [1.29, 1.82) is 0 Å². The van der Waals surface area contributed by atoms with Gasteiger partial charge in [-0.05, 0) is 44.4 Å². The Morgan fingerprint density at radius 3 is 2.43 bits per heavy atom. The molecule has 1 atom stereocenters. The van der Waals surface area contributed by atoms with E-state index in [1.54, 1.807) is 7.11 Å². The van der Waals surface area contributed by atoms with Gasteiger partial charge in [-0.15, -0.1) is 13.2 Å². The normalized spacial score (nSPS) is 12.0. The summed E-state index contributed by atoms with van der Waals surface area (Å²) >= 11 is 0. The summed E-state index contributed by atoms with van der Waals surface area (Å²) in [5, 5.41) is 1.06. The van der Waals surface area contributed by atoms with Gasteiger partial charge < -0.3 is 19.5 Å². The summed E-state index contributed by atoms with van der Waals surface area (Å²) in [6, 6.07) is 9.90. The summed E-state index contributed by atoms with van der Waals surface area (Å²) in [6.45, 7) is 18.5. The Morgan fingerprint density at radius 1 is 1.23 bits per heavy atom. The highest BCUT2D eigenvalue weighted by molar-refractivity contribution is 5.98. The topological polar surface area (TPSA) is 48.6 Å². The third kappa shape index (κ3) is 6.28. The molecule has 0 aliphatic rings. The molecule has 0 spiro atoms. The number of nitrogens with zero attached hydrogens (tertiary/aromatic N) is 2. The van der Waals surface area contributed by atoms with Crippen molar-refractivity contribution < 1.29 is 9.53 Å². The lowest BCUT2D eigenvalue weighted by atomic mass is 10.0. The van der Waals surface area contributed by atoms with Crippen molar-refractivity contribution in [2.75, 3.05) is 33.8 Å². The lowest BCUT2D eigenvalue weighted by Gasteiger charge is -2.31. The maximum Gasteiger partial charge on any atom is 0.270 e. The molecule has 0 radical (unpaired) electrons. The first-order valence-electron chi connectivity index (χ1n) is 10.4. The average Bonchev–Trinajstić information content (AvgIpc) is 3.22. The number of fused-ring (bicyclic) bond motifs is 1. The van der Waals surface area contributed by atoms with Crippen LogP contribution in [0.2, 0.25) is 0 Å². The molecule has 2 aromatic rings. The first-order valence-corrected chi connectivity index (χ1v) is 10.4. The number of benzene rings is 1. The molecular formula is C25H37N3O2. The van der Waals surface area contributed by atoms with Crippen LogP contribution in [0.5, 0.6) is 0 Å². The molecule has 1 heterocycles. The standard InChI is InChI=1S/C23H33N3O2.C2H4/c1-7-18(15-25(5)17(4)22(8-2)28-6)16-26(9-3)23(27)21-14-19-12-10-11-13-20(19)24-21;1-2/h8,10-14,18,24H,4,7,9,15-16H2,1-3,5-6H3;1-2H2/b22-8+;. The van der Waals surface area contributed by atoms with E-state index in [2.05, 4.69) is 36.5 Å². The number of nitrogens with one attached hydrogen (secondary N) is 1. The molecule has 1 unspecified atom stereocenters. The predicted octanol–water partition coefficient (Wildman–Crippen LogP) is 5.45. The third-order valence-electron chi connectivity index (χ3n) is 5.24. The largest absolute Gasteiger partial charge is 0.495 e. The van der Waals surface area contributed by atoms with Crippen molar-refractivity contribution in [1.82, 2.24) is 14.8 Å². The molecule has 5 nitrogen and oxygen atoms in total. The van der Waals surface area contributed by atoms with Gasteiger partial charge in [-0.2, -0.15) is 0 Å². The summed E-state index contributed by atoms with van der Waals surface area (Å²) in [6.07, 6.45) is 2.89. The van der Waals surface area contributed by atoms with Crippen molar-refractivity contribution in [2.24, 2.45) is 5.92 Å². The lowest BCUT2D eigenvalue weighted by Crippen LogP contribution is -2.39. The minimum absolute atomic E-state index is 0.0460. The number of H-pyrrole nitrogens is 1. The van der Waals surface area contributed by atoms with Gasteiger partial charge in [0.15, 0.2) is 0 Å². The Bertz CT molecular complexity index is 820. The predicted molar refractivity (Wildman–Crippen MR) is 127 cm³/mol. The zero-order valence-electron chi connectivity index (χ0n) is 19.2. The molecule has 30 heavy (non-hydrogen) atoms. The van der Waals surface area contributed by atoms with E-state index in [-0.39, 0.29) is 5.91 Å². The Labute approximate surface area is 181 Å². The summed E-state index contributed by atoms with van der Waals surface area (Å²) in [5.74, 6) is 1.16. The Hall–Kier alpha value is -2.95. The highest BCUT2D eigenvalue weighted by Gasteiger charge is 2.21. The van der Waals surface area contributed by atoms with E-state index in [0.29, 0.717) is 24.7 Å². The molecule has 2 rings (SSSR count). The van der Waals surface area contributed by atoms with Crippen LogP contribution in [0.25, 0.3) is 10.9 Å². The molecule has 164 valence electrons. The molecule has 1 aromatic heterocycles. The van der Waals surface area contributed by atoms with Crippen LogP contribution in [0.4, 0.5) is 0 Å². The van der Waals surface area contributed by atoms with Crippen molar-refractivity contribution in [3.63, 3.8) is 0 Å². The zero-order valence-corrected chi connectivity index (χ0v) is 19.2. The van der Waals surface area contributed by atoms with Gasteiger partial charge >= 0.3 is 0 Å². The molecule has 0 bridgehead atoms. The van der Waals surface area contributed by atoms with Crippen molar-refractivity contribution in [3.05, 3.63) is 73.3 Å². The van der Waals surface area contributed by atoms with Gasteiger partial charge in [0.25, 0.3) is 5.91 Å². The highest BCUT2D eigenvalue weighted by Crippen LogP contribution is 2.19. The first-order chi connectivity index (χ1) is 14.4. The number of ether oxygens (including phenoxy) is 1. The third-order valence-corrected chi connectivity index (χ3v) is 5.24. The van der Waals surface area contributed by atoms with E-state index < -0.39 is 0 Å². The number of methoxy groups -OCH3 is 1. The molecule has 0 saturated heterocycles. The van der Waals surface area contributed by atoms with Crippen LogP contribution >= 0.6 is 0 Å². The van der Waals surface area contributed by atoms with E-state index in [0.717, 1.165) is 35.3 Å². The molecule has 1 N–H and O–H groups in total. The van der Waals surface area contributed by atoms with E-state index in [4.69, 9.17) is 4.74 Å². The van der Waals surface area contributed by atoms with Crippen LogP contribution < -0.4 is 0 Å². The van der Waals surface area contributed by atoms with Gasteiger partial charge in [-0.1, -0.05) is 31.7 Å². The second-order valence-electron chi connectivity index (χ2n) is 7.07. The minimum atomic E-state index is 0.0460. The minimum Gasteiger partial charge on any atom is -0.495 e.